The highest BCUT2D eigenvalue weighted by atomic mass is 19.4. The summed E-state index contributed by atoms with van der Waals surface area (Å²) in [6, 6.07) is 13.7. The highest BCUT2D eigenvalue weighted by Crippen LogP contribution is 2.30. The van der Waals surface area contributed by atoms with Crippen LogP contribution in [0.5, 0.6) is 0 Å². The van der Waals surface area contributed by atoms with Gasteiger partial charge in [0.1, 0.15) is 0 Å². The molecular weight excluding hydrogens is 395 g/mol. The van der Waals surface area contributed by atoms with E-state index in [2.05, 4.69) is 20.5 Å². The number of fused-ring (bicyclic) bond motifs is 1. The van der Waals surface area contributed by atoms with Crippen LogP contribution in [-0.4, -0.2) is 28.1 Å². The first-order valence-electron chi connectivity index (χ1n) is 9.38. The predicted molar refractivity (Wildman–Crippen MR) is 108 cm³/mol. The number of aromatic nitrogens is 2. The van der Waals surface area contributed by atoms with Crippen molar-refractivity contribution in [3.63, 3.8) is 0 Å². The Morgan fingerprint density at radius 2 is 1.83 bits per heavy atom. The van der Waals surface area contributed by atoms with Crippen LogP contribution >= 0.6 is 0 Å². The van der Waals surface area contributed by atoms with Gasteiger partial charge in [-0.2, -0.15) is 18.3 Å². The van der Waals surface area contributed by atoms with Crippen molar-refractivity contribution in [3.05, 3.63) is 59.9 Å². The van der Waals surface area contributed by atoms with Crippen molar-refractivity contribution in [2.75, 3.05) is 16.9 Å². The Hall–Kier alpha value is -3.49. The number of carbonyl (C=O) groups is 1. The van der Waals surface area contributed by atoms with Crippen LogP contribution in [0.3, 0.4) is 0 Å². The molecule has 0 spiro atoms. The van der Waals surface area contributed by atoms with E-state index in [0.717, 1.165) is 17.7 Å². The van der Waals surface area contributed by atoms with E-state index in [1.165, 1.54) is 6.07 Å². The molecule has 1 fully saturated rings. The second-order valence-corrected chi connectivity index (χ2v) is 6.92. The van der Waals surface area contributed by atoms with Gasteiger partial charge in [-0.15, -0.1) is 0 Å². The van der Waals surface area contributed by atoms with E-state index in [-0.39, 0.29) is 17.2 Å². The Morgan fingerprint density at radius 3 is 2.50 bits per heavy atom. The summed E-state index contributed by atoms with van der Waals surface area (Å²) in [6.07, 6.45) is -3.27. The largest absolute Gasteiger partial charge is 0.451 e. The first-order chi connectivity index (χ1) is 14.3. The maximum atomic E-state index is 13.1. The molecule has 9 heteroatoms. The number of hydrogen-bond donors (Lipinski definition) is 1. The number of carbonyl (C=O) groups excluding carboxylic acids is 1. The number of benzene rings is 2. The molecule has 4 rings (SSSR count). The fraction of sp³-hybridized carbons (Fsp3) is 0.238. The molecule has 6 nitrogen and oxygen atoms in total. The number of hydrazone groups is 1. The van der Waals surface area contributed by atoms with Crippen LogP contribution in [0.15, 0.2) is 53.6 Å². The van der Waals surface area contributed by atoms with Crippen LogP contribution in [-0.2, 0) is 11.0 Å². The SMILES string of the molecule is C/C(=N/Nc1nc(C(F)(F)F)nc2ccccc12)c1ccc(N2CCCC2=O)cc1. The Balaban J connectivity index is 1.60. The normalized spacial score (nSPS) is 15.1. The highest BCUT2D eigenvalue weighted by Gasteiger charge is 2.35. The van der Waals surface area contributed by atoms with Crippen molar-refractivity contribution in [1.82, 2.24) is 9.97 Å². The van der Waals surface area contributed by atoms with E-state index < -0.39 is 12.0 Å². The molecular formula is C21H18F3N5O. The minimum atomic E-state index is -4.66. The molecule has 30 heavy (non-hydrogen) atoms. The van der Waals surface area contributed by atoms with Gasteiger partial charge in [0.2, 0.25) is 11.7 Å². The second kappa shape index (κ2) is 7.74. The standard InChI is InChI=1S/C21H18F3N5O/c1-13(14-8-10-15(11-9-14)29-12-4-7-18(29)30)27-28-19-16-5-2-3-6-17(16)25-20(26-19)21(22,23)24/h2-3,5-6,8-11H,4,7,12H2,1H3,(H,25,26,28)/b27-13-. The summed E-state index contributed by atoms with van der Waals surface area (Å²) in [6.45, 7) is 2.44. The number of nitrogens with one attached hydrogen (secondary N) is 1. The van der Waals surface area contributed by atoms with Crippen molar-refractivity contribution >= 4 is 34.0 Å². The van der Waals surface area contributed by atoms with Gasteiger partial charge in [0.05, 0.1) is 11.2 Å². The molecule has 154 valence electrons. The summed E-state index contributed by atoms with van der Waals surface area (Å²) in [4.78, 5) is 20.8. The van der Waals surface area contributed by atoms with Gasteiger partial charge in [0.15, 0.2) is 5.82 Å². The summed E-state index contributed by atoms with van der Waals surface area (Å²) in [5.41, 5.74) is 4.97. The van der Waals surface area contributed by atoms with Gasteiger partial charge in [0.25, 0.3) is 0 Å². The molecule has 3 aromatic rings. The lowest BCUT2D eigenvalue weighted by Gasteiger charge is -2.16. The molecule has 1 aliphatic rings. The summed E-state index contributed by atoms with van der Waals surface area (Å²) >= 11 is 0. The quantitative estimate of drug-likeness (QED) is 0.501. The smallest absolute Gasteiger partial charge is 0.312 e. The first kappa shape index (κ1) is 19.8. The van der Waals surface area contributed by atoms with Gasteiger partial charge >= 0.3 is 6.18 Å². The third kappa shape index (κ3) is 3.96. The van der Waals surface area contributed by atoms with E-state index in [1.807, 2.05) is 24.3 Å². The number of alkyl halides is 3. The molecule has 1 amide bonds. The molecule has 2 heterocycles. The lowest BCUT2D eigenvalue weighted by Crippen LogP contribution is -2.23. The topological polar surface area (TPSA) is 70.5 Å². The first-order valence-corrected chi connectivity index (χ1v) is 9.38. The molecule has 1 aromatic heterocycles. The zero-order chi connectivity index (χ0) is 21.3. The Kier molecular flexibility index (Phi) is 5.11. The number of amides is 1. The van der Waals surface area contributed by atoms with Gasteiger partial charge in [-0.1, -0.05) is 24.3 Å². The van der Waals surface area contributed by atoms with Crippen molar-refractivity contribution in [2.24, 2.45) is 5.10 Å². The van der Waals surface area contributed by atoms with Gasteiger partial charge in [-0.25, -0.2) is 9.97 Å². The molecule has 1 aliphatic heterocycles. The maximum Gasteiger partial charge on any atom is 0.451 e. The molecule has 2 aromatic carbocycles. The predicted octanol–water partition coefficient (Wildman–Crippen LogP) is 4.61. The Bertz CT molecular complexity index is 1130. The Labute approximate surface area is 170 Å². The average Bonchev–Trinajstić information content (AvgIpc) is 3.17. The number of anilines is 2. The van der Waals surface area contributed by atoms with E-state index in [4.69, 9.17) is 0 Å². The van der Waals surface area contributed by atoms with Crippen LogP contribution < -0.4 is 10.3 Å². The zero-order valence-corrected chi connectivity index (χ0v) is 16.1. The van der Waals surface area contributed by atoms with Crippen LogP contribution in [0, 0.1) is 0 Å². The molecule has 0 aliphatic carbocycles. The van der Waals surface area contributed by atoms with Crippen molar-refractivity contribution in [2.45, 2.75) is 25.9 Å². The highest BCUT2D eigenvalue weighted by molar-refractivity contribution is 6.01. The molecule has 0 bridgehead atoms. The number of para-hydroxylation sites is 1. The van der Waals surface area contributed by atoms with Crippen LogP contribution in [0.2, 0.25) is 0 Å². The van der Waals surface area contributed by atoms with Gasteiger partial charge < -0.3 is 4.90 Å². The second-order valence-electron chi connectivity index (χ2n) is 6.92. The number of hydrogen-bond acceptors (Lipinski definition) is 5. The Morgan fingerprint density at radius 1 is 1.10 bits per heavy atom. The summed E-state index contributed by atoms with van der Waals surface area (Å²) in [5.74, 6) is -1.14. The van der Waals surface area contributed by atoms with Gasteiger partial charge in [-0.3, -0.25) is 10.2 Å². The summed E-state index contributed by atoms with van der Waals surface area (Å²) < 4.78 is 39.4. The zero-order valence-electron chi connectivity index (χ0n) is 16.1. The number of halogens is 3. The van der Waals surface area contributed by atoms with Crippen LogP contribution in [0.4, 0.5) is 24.7 Å². The molecule has 0 atom stereocenters. The monoisotopic (exact) mass is 413 g/mol. The maximum absolute atomic E-state index is 13.1. The summed E-state index contributed by atoms with van der Waals surface area (Å²) in [5, 5.41) is 4.64. The third-order valence-electron chi connectivity index (χ3n) is 4.86. The average molecular weight is 413 g/mol. The lowest BCUT2D eigenvalue weighted by molar-refractivity contribution is -0.144. The van der Waals surface area contributed by atoms with Crippen molar-refractivity contribution < 1.29 is 18.0 Å². The van der Waals surface area contributed by atoms with E-state index >= 15 is 0 Å². The number of rotatable bonds is 4. The fourth-order valence-electron chi connectivity index (χ4n) is 3.29. The van der Waals surface area contributed by atoms with Crippen LogP contribution in [0.1, 0.15) is 31.2 Å². The molecule has 1 N–H and O–H groups in total. The van der Waals surface area contributed by atoms with Gasteiger partial charge in [0, 0.05) is 24.0 Å². The number of nitrogens with zero attached hydrogens (tertiary/aromatic N) is 4. The minimum absolute atomic E-state index is 0.0217. The van der Waals surface area contributed by atoms with E-state index in [0.29, 0.717) is 24.1 Å². The summed E-state index contributed by atoms with van der Waals surface area (Å²) in [7, 11) is 0. The van der Waals surface area contributed by atoms with Crippen LogP contribution in [0.25, 0.3) is 10.9 Å². The molecule has 0 saturated carbocycles. The minimum Gasteiger partial charge on any atom is -0.312 e. The third-order valence-corrected chi connectivity index (χ3v) is 4.86. The van der Waals surface area contributed by atoms with E-state index in [9.17, 15) is 18.0 Å². The van der Waals surface area contributed by atoms with E-state index in [1.54, 1.807) is 30.0 Å². The molecule has 1 saturated heterocycles. The van der Waals surface area contributed by atoms with Gasteiger partial charge in [-0.05, 0) is 43.2 Å². The van der Waals surface area contributed by atoms with Crippen molar-refractivity contribution in [3.8, 4) is 0 Å². The van der Waals surface area contributed by atoms with Crippen molar-refractivity contribution in [1.29, 1.82) is 0 Å². The lowest BCUT2D eigenvalue weighted by atomic mass is 10.1. The fourth-order valence-corrected chi connectivity index (χ4v) is 3.29. The molecule has 0 unspecified atom stereocenters. The molecule has 0 radical (unpaired) electrons.